The van der Waals surface area contributed by atoms with Crippen LogP contribution in [0.25, 0.3) is 0 Å². The summed E-state index contributed by atoms with van der Waals surface area (Å²) in [4.78, 5) is 21.9. The third-order valence-corrected chi connectivity index (χ3v) is 3.33. The van der Waals surface area contributed by atoms with Crippen LogP contribution in [0.5, 0.6) is 0 Å². The Balaban J connectivity index is 1.94. The summed E-state index contributed by atoms with van der Waals surface area (Å²) in [5, 5.41) is 14.0. The van der Waals surface area contributed by atoms with Gasteiger partial charge < -0.3 is 20.5 Å². The second-order valence-corrected chi connectivity index (χ2v) is 4.99. The number of carbonyl (C=O) groups excluding carboxylic acids is 1. The maximum atomic E-state index is 11.4. The molecule has 0 radical (unpaired) electrons. The van der Waals surface area contributed by atoms with E-state index < -0.39 is 11.9 Å². The van der Waals surface area contributed by atoms with Crippen molar-refractivity contribution in [1.82, 2.24) is 10.6 Å². The second-order valence-electron chi connectivity index (χ2n) is 4.99. The normalized spacial score (nSPS) is 17.1. The molecule has 6 heteroatoms. The van der Waals surface area contributed by atoms with E-state index in [0.717, 1.165) is 12.8 Å². The summed E-state index contributed by atoms with van der Waals surface area (Å²) >= 11 is 0. The number of nitrogens with one attached hydrogen (secondary N) is 2. The fourth-order valence-corrected chi connectivity index (χ4v) is 2.03. The lowest BCUT2D eigenvalue weighted by atomic mass is 10.1. The first-order valence-corrected chi connectivity index (χ1v) is 6.95. The van der Waals surface area contributed by atoms with Crippen LogP contribution < -0.4 is 10.6 Å². The minimum absolute atomic E-state index is 0.271. The number of carboxylic acids is 1. The fraction of sp³-hybridized carbons (Fsp3) is 0.846. The lowest BCUT2D eigenvalue weighted by Gasteiger charge is -2.12. The van der Waals surface area contributed by atoms with Gasteiger partial charge in [0.25, 0.3) is 0 Å². The Morgan fingerprint density at radius 2 is 1.89 bits per heavy atom. The van der Waals surface area contributed by atoms with Crippen molar-refractivity contribution in [3.63, 3.8) is 0 Å². The summed E-state index contributed by atoms with van der Waals surface area (Å²) in [6.07, 6.45) is 5.52. The van der Waals surface area contributed by atoms with Crippen molar-refractivity contribution < 1.29 is 19.4 Å². The Kier molecular flexibility index (Phi) is 7.25. The smallest absolute Gasteiger partial charge is 0.314 e. The van der Waals surface area contributed by atoms with Gasteiger partial charge in [0, 0.05) is 13.1 Å². The highest BCUT2D eigenvalue weighted by Crippen LogP contribution is 2.20. The van der Waals surface area contributed by atoms with Gasteiger partial charge in [-0.05, 0) is 19.3 Å². The first-order chi connectivity index (χ1) is 9.09. The Morgan fingerprint density at radius 1 is 1.26 bits per heavy atom. The molecule has 0 aliphatic heterocycles. The van der Waals surface area contributed by atoms with Crippen molar-refractivity contribution in [1.29, 1.82) is 0 Å². The Bertz CT molecular complexity index is 290. The standard InChI is InChI=1S/C13H24N2O4/c1-10(12(16)17)6-7-14-13(18)15-8-9-19-11-4-2-3-5-11/h10-11H,2-9H2,1H3,(H,16,17)(H2,14,15,18). The van der Waals surface area contributed by atoms with E-state index in [1.165, 1.54) is 12.8 Å². The van der Waals surface area contributed by atoms with Crippen molar-refractivity contribution in [3.05, 3.63) is 0 Å². The monoisotopic (exact) mass is 272 g/mol. The molecule has 0 heterocycles. The van der Waals surface area contributed by atoms with Gasteiger partial charge in [0.15, 0.2) is 0 Å². The zero-order chi connectivity index (χ0) is 14.1. The molecule has 0 aromatic carbocycles. The Hall–Kier alpha value is -1.30. The lowest BCUT2D eigenvalue weighted by Crippen LogP contribution is -2.38. The molecule has 19 heavy (non-hydrogen) atoms. The molecule has 1 aliphatic rings. The SMILES string of the molecule is CC(CCNC(=O)NCCOC1CCCC1)C(=O)O. The van der Waals surface area contributed by atoms with Crippen molar-refractivity contribution >= 4 is 12.0 Å². The summed E-state index contributed by atoms with van der Waals surface area (Å²) in [5.41, 5.74) is 0. The van der Waals surface area contributed by atoms with Gasteiger partial charge >= 0.3 is 12.0 Å². The minimum Gasteiger partial charge on any atom is -0.481 e. The van der Waals surface area contributed by atoms with Gasteiger partial charge in [0.2, 0.25) is 0 Å². The van der Waals surface area contributed by atoms with Gasteiger partial charge in [-0.2, -0.15) is 0 Å². The number of carbonyl (C=O) groups is 2. The van der Waals surface area contributed by atoms with Crippen molar-refractivity contribution in [2.75, 3.05) is 19.7 Å². The van der Waals surface area contributed by atoms with E-state index in [-0.39, 0.29) is 6.03 Å². The average molecular weight is 272 g/mol. The fourth-order valence-electron chi connectivity index (χ4n) is 2.03. The first kappa shape index (κ1) is 15.8. The summed E-state index contributed by atoms with van der Waals surface area (Å²) in [6, 6.07) is -0.271. The van der Waals surface area contributed by atoms with E-state index in [9.17, 15) is 9.59 Å². The summed E-state index contributed by atoms with van der Waals surface area (Å²) in [5.74, 6) is -1.28. The lowest BCUT2D eigenvalue weighted by molar-refractivity contribution is -0.141. The summed E-state index contributed by atoms with van der Waals surface area (Å²) < 4.78 is 5.61. The van der Waals surface area contributed by atoms with Crippen LogP contribution in [-0.4, -0.2) is 42.9 Å². The highest BCUT2D eigenvalue weighted by Gasteiger charge is 2.15. The molecule has 0 spiro atoms. The van der Waals surface area contributed by atoms with Crippen LogP contribution in [0, 0.1) is 5.92 Å². The largest absolute Gasteiger partial charge is 0.481 e. The number of rotatable bonds is 8. The predicted octanol–water partition coefficient (Wildman–Crippen LogP) is 1.36. The van der Waals surface area contributed by atoms with Crippen LogP contribution in [0.4, 0.5) is 4.79 Å². The zero-order valence-corrected chi connectivity index (χ0v) is 11.5. The molecule has 1 atom stereocenters. The molecule has 1 unspecified atom stereocenters. The zero-order valence-electron chi connectivity index (χ0n) is 11.5. The quantitative estimate of drug-likeness (QED) is 0.582. The molecule has 2 amide bonds. The Labute approximate surface area is 113 Å². The summed E-state index contributed by atoms with van der Waals surface area (Å²) in [7, 11) is 0. The number of amides is 2. The molecule has 110 valence electrons. The molecule has 1 rings (SSSR count). The molecule has 3 N–H and O–H groups in total. The number of ether oxygens (including phenoxy) is 1. The van der Waals surface area contributed by atoms with Gasteiger partial charge in [-0.3, -0.25) is 4.79 Å². The average Bonchev–Trinajstić information content (AvgIpc) is 2.87. The molecule has 0 bridgehead atoms. The third kappa shape index (κ3) is 7.00. The number of hydrogen-bond acceptors (Lipinski definition) is 3. The van der Waals surface area contributed by atoms with E-state index in [1.807, 2.05) is 0 Å². The first-order valence-electron chi connectivity index (χ1n) is 6.95. The topological polar surface area (TPSA) is 87.7 Å². The number of hydrogen-bond donors (Lipinski definition) is 3. The predicted molar refractivity (Wildman–Crippen MR) is 71.0 cm³/mol. The molecule has 6 nitrogen and oxygen atoms in total. The van der Waals surface area contributed by atoms with Crippen LogP contribution in [-0.2, 0) is 9.53 Å². The van der Waals surface area contributed by atoms with Gasteiger partial charge in [-0.15, -0.1) is 0 Å². The molecule has 0 aromatic rings. The molecule has 1 saturated carbocycles. The van der Waals surface area contributed by atoms with E-state index in [4.69, 9.17) is 9.84 Å². The van der Waals surface area contributed by atoms with E-state index >= 15 is 0 Å². The van der Waals surface area contributed by atoms with Gasteiger partial charge in [0.1, 0.15) is 0 Å². The van der Waals surface area contributed by atoms with Crippen molar-refractivity contribution in [2.24, 2.45) is 5.92 Å². The van der Waals surface area contributed by atoms with E-state index in [2.05, 4.69) is 10.6 Å². The van der Waals surface area contributed by atoms with Crippen LogP contribution in [0.2, 0.25) is 0 Å². The molecule has 0 aromatic heterocycles. The number of aliphatic carboxylic acids is 1. The van der Waals surface area contributed by atoms with Crippen molar-refractivity contribution in [2.45, 2.75) is 45.1 Å². The Morgan fingerprint density at radius 3 is 2.53 bits per heavy atom. The molecule has 1 fully saturated rings. The highest BCUT2D eigenvalue weighted by atomic mass is 16.5. The molecule has 0 saturated heterocycles. The summed E-state index contributed by atoms with van der Waals surface area (Å²) in [6.45, 7) is 3.00. The molecular formula is C13H24N2O4. The number of urea groups is 1. The van der Waals surface area contributed by atoms with E-state index in [0.29, 0.717) is 32.2 Å². The van der Waals surface area contributed by atoms with Crippen LogP contribution >= 0.6 is 0 Å². The molecule has 1 aliphatic carbocycles. The second kappa shape index (κ2) is 8.74. The third-order valence-electron chi connectivity index (χ3n) is 3.33. The van der Waals surface area contributed by atoms with Gasteiger partial charge in [-0.1, -0.05) is 19.8 Å². The van der Waals surface area contributed by atoms with Gasteiger partial charge in [-0.25, -0.2) is 4.79 Å². The van der Waals surface area contributed by atoms with Crippen LogP contribution in [0.15, 0.2) is 0 Å². The van der Waals surface area contributed by atoms with Crippen molar-refractivity contribution in [3.8, 4) is 0 Å². The minimum atomic E-state index is -0.841. The molecular weight excluding hydrogens is 248 g/mol. The van der Waals surface area contributed by atoms with Gasteiger partial charge in [0.05, 0.1) is 18.6 Å². The highest BCUT2D eigenvalue weighted by molar-refractivity contribution is 5.74. The van der Waals surface area contributed by atoms with E-state index in [1.54, 1.807) is 6.92 Å². The maximum absolute atomic E-state index is 11.4. The van der Waals surface area contributed by atoms with Crippen LogP contribution in [0.3, 0.4) is 0 Å². The number of carboxylic acid groups (broad SMARTS) is 1. The maximum Gasteiger partial charge on any atom is 0.314 e. The van der Waals surface area contributed by atoms with Crippen LogP contribution in [0.1, 0.15) is 39.0 Å².